The van der Waals surface area contributed by atoms with E-state index in [1.165, 1.54) is 22.6 Å². The van der Waals surface area contributed by atoms with E-state index in [-0.39, 0.29) is 5.56 Å². The minimum Gasteiger partial charge on any atom is -0.290 e. The average molecular weight is 435 g/mol. The molecule has 0 saturated heterocycles. The molecule has 0 aliphatic carbocycles. The summed E-state index contributed by atoms with van der Waals surface area (Å²) in [6, 6.07) is 16.4. The number of sulfone groups is 1. The highest BCUT2D eigenvalue weighted by molar-refractivity contribution is 14.1. The maximum absolute atomic E-state index is 12.2. The summed E-state index contributed by atoms with van der Waals surface area (Å²) in [7, 11) is -3.71. The summed E-state index contributed by atoms with van der Waals surface area (Å²) in [5, 5.41) is 0. The van der Waals surface area contributed by atoms with Crippen molar-refractivity contribution in [2.24, 2.45) is 0 Å². The van der Waals surface area contributed by atoms with Crippen LogP contribution in [0, 0.1) is 0 Å². The molecule has 0 spiro atoms. The van der Waals surface area contributed by atoms with E-state index in [9.17, 15) is 13.2 Å². The van der Waals surface area contributed by atoms with Crippen LogP contribution in [0.2, 0.25) is 0 Å². The molecule has 110 valence electrons. The summed E-state index contributed by atoms with van der Waals surface area (Å²) in [6.07, 6.45) is 0.947. The van der Waals surface area contributed by atoms with Gasteiger partial charge in [0.15, 0.2) is 9.84 Å². The van der Waals surface area contributed by atoms with Gasteiger partial charge in [0.2, 0.25) is 5.78 Å². The van der Waals surface area contributed by atoms with E-state index >= 15 is 0 Å². The van der Waals surface area contributed by atoms with E-state index in [0.29, 0.717) is 0 Å². The van der Waals surface area contributed by atoms with Crippen LogP contribution in [0.3, 0.4) is 0 Å². The van der Waals surface area contributed by atoms with Crippen LogP contribution in [0.1, 0.15) is 10.4 Å². The molecule has 21 heavy (non-hydrogen) atoms. The Morgan fingerprint density at radius 2 is 1.48 bits per heavy atom. The summed E-state index contributed by atoms with van der Waals surface area (Å²) in [4.78, 5) is 12.2. The number of hydrogen-bond acceptors (Lipinski definition) is 3. The third-order valence-corrected chi connectivity index (χ3v) is 8.00. The number of carbonyl (C=O) groups is 1. The molecule has 0 aromatic heterocycles. The molecule has 1 atom stereocenters. The van der Waals surface area contributed by atoms with Crippen molar-refractivity contribution in [2.45, 2.75) is 2.21 Å². The lowest BCUT2D eigenvalue weighted by Gasteiger charge is -2.16. The van der Waals surface area contributed by atoms with E-state index in [0.717, 1.165) is 17.4 Å². The van der Waals surface area contributed by atoms with Crippen molar-refractivity contribution < 1.29 is 13.2 Å². The molecule has 6 heteroatoms. The van der Waals surface area contributed by atoms with Gasteiger partial charge in [0.05, 0.1) is 0 Å². The fourth-order valence-electron chi connectivity index (χ4n) is 1.78. The van der Waals surface area contributed by atoms with Crippen molar-refractivity contribution in [2.75, 3.05) is 6.26 Å². The molecule has 0 amide bonds. The summed E-state index contributed by atoms with van der Waals surface area (Å²) in [6.45, 7) is 0. The van der Waals surface area contributed by atoms with Gasteiger partial charge in [-0.1, -0.05) is 66.2 Å². The second-order valence-electron chi connectivity index (χ2n) is 4.56. The first-order chi connectivity index (χ1) is 9.73. The molecule has 0 heterocycles. The van der Waals surface area contributed by atoms with Crippen molar-refractivity contribution >= 4 is 49.8 Å². The van der Waals surface area contributed by atoms with Crippen molar-refractivity contribution in [3.05, 3.63) is 60.2 Å². The Morgan fingerprint density at radius 1 is 1.00 bits per heavy atom. The Hall–Kier alpha value is -0.920. The number of ketones is 1. The molecular formula is C15H12ClIO3S. The van der Waals surface area contributed by atoms with Crippen LogP contribution in [0.5, 0.6) is 0 Å². The van der Waals surface area contributed by atoms with Crippen LogP contribution in [-0.2, 0) is 9.84 Å². The number of carbonyl (C=O) groups excluding carboxylic acids is 1. The largest absolute Gasteiger partial charge is 0.290 e. The second-order valence-corrected chi connectivity index (χ2v) is 10.5. The van der Waals surface area contributed by atoms with Crippen LogP contribution >= 0.6 is 34.2 Å². The van der Waals surface area contributed by atoms with Gasteiger partial charge in [-0.2, -0.15) is 0 Å². The zero-order valence-electron chi connectivity index (χ0n) is 11.1. The highest BCUT2D eigenvalue weighted by Gasteiger charge is 2.44. The quantitative estimate of drug-likeness (QED) is 0.416. The predicted octanol–water partition coefficient (Wildman–Crippen LogP) is 3.91. The normalized spacial score (nSPS) is 14.4. The average Bonchev–Trinajstić information content (AvgIpc) is 2.46. The lowest BCUT2D eigenvalue weighted by molar-refractivity contribution is 0.100. The van der Waals surface area contributed by atoms with Crippen molar-refractivity contribution in [3.63, 3.8) is 0 Å². The van der Waals surface area contributed by atoms with Gasteiger partial charge in [0.25, 0.3) is 2.21 Å². The number of rotatable bonds is 4. The maximum atomic E-state index is 12.2. The highest BCUT2D eigenvalue weighted by Crippen LogP contribution is 2.34. The summed E-state index contributed by atoms with van der Waals surface area (Å²) in [5.41, 5.74) is 2.23. The zero-order chi connectivity index (χ0) is 15.7. The summed E-state index contributed by atoms with van der Waals surface area (Å²) in [5.74, 6) is -0.633. The lowest BCUT2D eigenvalue weighted by atomic mass is 10.0. The van der Waals surface area contributed by atoms with Gasteiger partial charge < -0.3 is 0 Å². The second kappa shape index (κ2) is 6.06. The van der Waals surface area contributed by atoms with Gasteiger partial charge >= 0.3 is 0 Å². The molecule has 0 aliphatic heterocycles. The van der Waals surface area contributed by atoms with Crippen molar-refractivity contribution in [1.82, 2.24) is 0 Å². The Morgan fingerprint density at radius 3 is 1.95 bits per heavy atom. The number of benzene rings is 2. The standard InChI is InChI=1S/C15H12ClIO3S/c1-21(19,20)15(16,17)14(18)13-9-7-12(8-10-13)11-5-3-2-4-6-11/h2-10H,1H3/t15-/m1/s1. The van der Waals surface area contributed by atoms with Crippen LogP contribution in [0.4, 0.5) is 0 Å². The monoisotopic (exact) mass is 434 g/mol. The third kappa shape index (κ3) is 3.46. The Balaban J connectivity index is 2.34. The Kier molecular flexibility index (Phi) is 4.75. The van der Waals surface area contributed by atoms with Gasteiger partial charge in [-0.05, 0) is 33.7 Å². The molecule has 2 rings (SSSR count). The Bertz CT molecular complexity index is 753. The molecule has 3 nitrogen and oxygen atoms in total. The predicted molar refractivity (Wildman–Crippen MR) is 93.7 cm³/mol. The molecule has 0 fully saturated rings. The number of hydrogen-bond donors (Lipinski definition) is 0. The Labute approximate surface area is 142 Å². The maximum Gasteiger partial charge on any atom is 0.257 e. The molecule has 2 aromatic carbocycles. The molecule has 0 bridgehead atoms. The van der Waals surface area contributed by atoms with Gasteiger partial charge in [-0.15, -0.1) is 0 Å². The number of halogens is 2. The highest BCUT2D eigenvalue weighted by atomic mass is 127. The molecule has 0 N–H and O–H groups in total. The lowest BCUT2D eigenvalue weighted by Crippen LogP contribution is -2.34. The molecule has 0 radical (unpaired) electrons. The minimum absolute atomic E-state index is 0.268. The topological polar surface area (TPSA) is 51.2 Å². The fourth-order valence-corrected chi connectivity index (χ4v) is 2.66. The van der Waals surface area contributed by atoms with Crippen LogP contribution < -0.4 is 0 Å². The van der Waals surface area contributed by atoms with E-state index in [4.69, 9.17) is 11.6 Å². The van der Waals surface area contributed by atoms with E-state index in [1.54, 1.807) is 24.3 Å². The van der Waals surface area contributed by atoms with Gasteiger partial charge in [-0.3, -0.25) is 4.79 Å². The van der Waals surface area contributed by atoms with Crippen molar-refractivity contribution in [1.29, 1.82) is 0 Å². The summed E-state index contributed by atoms with van der Waals surface area (Å²) >= 11 is 7.36. The van der Waals surface area contributed by atoms with E-state index < -0.39 is 17.8 Å². The van der Waals surface area contributed by atoms with Crippen LogP contribution in [0.15, 0.2) is 54.6 Å². The first-order valence-corrected chi connectivity index (χ1v) is 9.36. The molecular weight excluding hydrogens is 423 g/mol. The van der Waals surface area contributed by atoms with E-state index in [1.807, 2.05) is 30.3 Å². The molecule has 0 saturated carbocycles. The van der Waals surface area contributed by atoms with Crippen LogP contribution in [0.25, 0.3) is 11.1 Å². The first kappa shape index (κ1) is 16.5. The minimum atomic E-state index is -3.71. The van der Waals surface area contributed by atoms with Crippen molar-refractivity contribution in [3.8, 4) is 11.1 Å². The van der Waals surface area contributed by atoms with Gasteiger partial charge in [0.1, 0.15) is 0 Å². The number of Topliss-reactive ketones (excluding diaryl/α,β-unsaturated/α-hetero) is 1. The summed E-state index contributed by atoms with van der Waals surface area (Å²) < 4.78 is 21.2. The molecule has 2 aromatic rings. The molecule has 0 unspecified atom stereocenters. The first-order valence-electron chi connectivity index (χ1n) is 6.01. The molecule has 0 aliphatic rings. The number of alkyl halides is 2. The van der Waals surface area contributed by atoms with Gasteiger partial charge in [-0.25, -0.2) is 8.42 Å². The zero-order valence-corrected chi connectivity index (χ0v) is 14.8. The van der Waals surface area contributed by atoms with Crippen LogP contribution in [-0.4, -0.2) is 22.7 Å². The SMILES string of the molecule is CS(=O)(=O)[C@](Cl)(I)C(=O)c1ccc(-c2ccccc2)cc1. The van der Waals surface area contributed by atoms with E-state index in [2.05, 4.69) is 0 Å². The van der Waals surface area contributed by atoms with Gasteiger partial charge in [0, 0.05) is 11.8 Å². The smallest absolute Gasteiger partial charge is 0.257 e. The fraction of sp³-hybridized carbons (Fsp3) is 0.133. The third-order valence-electron chi connectivity index (χ3n) is 2.98.